The molecule has 102 valence electrons. The summed E-state index contributed by atoms with van der Waals surface area (Å²) in [6.07, 6.45) is 5.17. The summed E-state index contributed by atoms with van der Waals surface area (Å²) in [6, 6.07) is 0.397. The number of carbonyl (C=O) groups excluding carboxylic acids is 1. The summed E-state index contributed by atoms with van der Waals surface area (Å²) in [5, 5.41) is 0. The second-order valence-electron chi connectivity index (χ2n) is 6.08. The maximum Gasteiger partial charge on any atom is 0.224 e. The molecule has 0 aromatic heterocycles. The highest BCUT2D eigenvalue weighted by molar-refractivity contribution is 5.85. The molecule has 0 aromatic carbocycles. The van der Waals surface area contributed by atoms with Gasteiger partial charge in [0.15, 0.2) is 0 Å². The molecule has 1 aliphatic rings. The lowest BCUT2D eigenvalue weighted by Crippen LogP contribution is -2.42. The van der Waals surface area contributed by atoms with E-state index in [1.165, 1.54) is 12.8 Å². The molecule has 0 aliphatic heterocycles. The van der Waals surface area contributed by atoms with Gasteiger partial charge >= 0.3 is 0 Å². The van der Waals surface area contributed by atoms with Crippen LogP contribution in [0.1, 0.15) is 52.9 Å². The number of nitrogens with two attached hydrogens (primary N) is 1. The average Bonchev–Trinajstić information content (AvgIpc) is 2.15. The second kappa shape index (κ2) is 6.60. The zero-order valence-corrected chi connectivity index (χ0v) is 12.3. The molecule has 0 bridgehead atoms. The van der Waals surface area contributed by atoms with E-state index in [9.17, 15) is 4.79 Å². The zero-order valence-electron chi connectivity index (χ0n) is 11.5. The van der Waals surface area contributed by atoms with Crippen molar-refractivity contribution >= 4 is 18.3 Å². The first-order valence-electron chi connectivity index (χ1n) is 6.33. The molecule has 17 heavy (non-hydrogen) atoms. The lowest BCUT2D eigenvalue weighted by Gasteiger charge is -2.38. The summed E-state index contributed by atoms with van der Waals surface area (Å²) in [4.78, 5) is 13.8. The fraction of sp³-hybridized carbons (Fsp3) is 0.923. The molecule has 0 saturated heterocycles. The van der Waals surface area contributed by atoms with Crippen molar-refractivity contribution in [3.8, 4) is 0 Å². The van der Waals surface area contributed by atoms with E-state index in [0.29, 0.717) is 17.9 Å². The maximum absolute atomic E-state index is 11.9. The third kappa shape index (κ3) is 5.26. The fourth-order valence-corrected chi connectivity index (χ4v) is 2.39. The lowest BCUT2D eigenvalue weighted by atomic mass is 9.75. The zero-order chi connectivity index (χ0) is 12.3. The topological polar surface area (TPSA) is 46.3 Å². The molecule has 4 heteroatoms. The molecule has 1 unspecified atom stereocenters. The van der Waals surface area contributed by atoms with E-state index in [-0.39, 0.29) is 24.4 Å². The molecule has 1 saturated carbocycles. The third-order valence-electron chi connectivity index (χ3n) is 3.75. The van der Waals surface area contributed by atoms with Crippen LogP contribution >= 0.6 is 12.4 Å². The normalized spacial score (nSPS) is 21.5. The molecule has 0 spiro atoms. The standard InChI is InChI=1S/C13H26N2O.ClH/c1-10(14)9-12(16)15(4)11-5-7-13(2,3)8-6-11;/h10-11H,5-9,14H2,1-4H3;1H. The van der Waals surface area contributed by atoms with Gasteiger partial charge in [-0.15, -0.1) is 12.4 Å². The minimum Gasteiger partial charge on any atom is -0.343 e. The highest BCUT2D eigenvalue weighted by atomic mass is 35.5. The summed E-state index contributed by atoms with van der Waals surface area (Å²) in [5.41, 5.74) is 6.12. The van der Waals surface area contributed by atoms with Crippen LogP contribution in [0.4, 0.5) is 0 Å². The highest BCUT2D eigenvalue weighted by Crippen LogP contribution is 2.36. The first kappa shape index (κ1) is 16.7. The van der Waals surface area contributed by atoms with Gasteiger partial charge in [-0.3, -0.25) is 4.79 Å². The Hall–Kier alpha value is -0.280. The van der Waals surface area contributed by atoms with Gasteiger partial charge in [0, 0.05) is 25.6 Å². The van der Waals surface area contributed by atoms with Gasteiger partial charge in [0.1, 0.15) is 0 Å². The molecule has 0 radical (unpaired) electrons. The van der Waals surface area contributed by atoms with Crippen LogP contribution in [0.2, 0.25) is 0 Å². The van der Waals surface area contributed by atoms with Crippen molar-refractivity contribution in [3.05, 3.63) is 0 Å². The van der Waals surface area contributed by atoms with Gasteiger partial charge in [0.25, 0.3) is 0 Å². The number of rotatable bonds is 3. The lowest BCUT2D eigenvalue weighted by molar-refractivity contribution is -0.133. The van der Waals surface area contributed by atoms with Crippen LogP contribution in [0.3, 0.4) is 0 Å². The molecule has 3 nitrogen and oxygen atoms in total. The van der Waals surface area contributed by atoms with Gasteiger partial charge in [-0.2, -0.15) is 0 Å². The number of hydrogen-bond donors (Lipinski definition) is 1. The van der Waals surface area contributed by atoms with Crippen molar-refractivity contribution in [1.29, 1.82) is 0 Å². The molecule has 0 heterocycles. The summed E-state index contributed by atoms with van der Waals surface area (Å²) >= 11 is 0. The molecule has 2 N–H and O–H groups in total. The number of hydrogen-bond acceptors (Lipinski definition) is 2. The average molecular weight is 263 g/mol. The number of amides is 1. The number of halogens is 1. The summed E-state index contributed by atoms with van der Waals surface area (Å²) < 4.78 is 0. The Labute approximate surface area is 112 Å². The van der Waals surface area contributed by atoms with E-state index >= 15 is 0 Å². The van der Waals surface area contributed by atoms with E-state index in [0.717, 1.165) is 12.8 Å². The molecule has 1 fully saturated rings. The van der Waals surface area contributed by atoms with Gasteiger partial charge in [0.2, 0.25) is 5.91 Å². The Balaban J connectivity index is 0.00000256. The molecule has 0 aromatic rings. The number of carbonyl (C=O) groups is 1. The second-order valence-corrected chi connectivity index (χ2v) is 6.08. The van der Waals surface area contributed by atoms with Crippen LogP contribution in [0.15, 0.2) is 0 Å². The van der Waals surface area contributed by atoms with Crippen LogP contribution in [-0.2, 0) is 4.79 Å². The van der Waals surface area contributed by atoms with Crippen molar-refractivity contribution in [2.75, 3.05) is 7.05 Å². The Morgan fingerprint density at radius 1 is 1.41 bits per heavy atom. The monoisotopic (exact) mass is 262 g/mol. The first-order chi connectivity index (χ1) is 7.32. The molecular formula is C13H27ClN2O. The predicted molar refractivity (Wildman–Crippen MR) is 74.3 cm³/mol. The van der Waals surface area contributed by atoms with Gasteiger partial charge in [-0.05, 0) is 38.0 Å². The molecule has 1 aliphatic carbocycles. The van der Waals surface area contributed by atoms with Crippen molar-refractivity contribution in [2.45, 2.75) is 65.0 Å². The maximum atomic E-state index is 11.9. The Morgan fingerprint density at radius 3 is 2.29 bits per heavy atom. The van der Waals surface area contributed by atoms with E-state index in [4.69, 9.17) is 5.73 Å². The predicted octanol–water partition coefficient (Wildman–Crippen LogP) is 2.57. The Morgan fingerprint density at radius 2 is 1.88 bits per heavy atom. The molecule has 1 atom stereocenters. The van der Waals surface area contributed by atoms with E-state index < -0.39 is 0 Å². The summed E-state index contributed by atoms with van der Waals surface area (Å²) in [7, 11) is 1.92. The minimum absolute atomic E-state index is 0. The summed E-state index contributed by atoms with van der Waals surface area (Å²) in [5.74, 6) is 0.194. The van der Waals surface area contributed by atoms with E-state index in [2.05, 4.69) is 13.8 Å². The quantitative estimate of drug-likeness (QED) is 0.850. The minimum atomic E-state index is -0.0324. The van der Waals surface area contributed by atoms with Crippen LogP contribution in [0, 0.1) is 5.41 Å². The van der Waals surface area contributed by atoms with Gasteiger partial charge in [-0.1, -0.05) is 13.8 Å². The summed E-state index contributed by atoms with van der Waals surface area (Å²) in [6.45, 7) is 6.51. The van der Waals surface area contributed by atoms with E-state index in [1.54, 1.807) is 0 Å². The van der Waals surface area contributed by atoms with E-state index in [1.807, 2.05) is 18.9 Å². The highest BCUT2D eigenvalue weighted by Gasteiger charge is 2.30. The number of nitrogens with zero attached hydrogens (tertiary/aromatic N) is 1. The van der Waals surface area contributed by atoms with Crippen molar-refractivity contribution < 1.29 is 4.79 Å². The smallest absolute Gasteiger partial charge is 0.224 e. The van der Waals surface area contributed by atoms with Gasteiger partial charge < -0.3 is 10.6 Å². The van der Waals surface area contributed by atoms with Crippen molar-refractivity contribution in [2.24, 2.45) is 11.1 Å². The van der Waals surface area contributed by atoms with Crippen LogP contribution in [0.25, 0.3) is 0 Å². The van der Waals surface area contributed by atoms with Crippen molar-refractivity contribution in [1.82, 2.24) is 4.90 Å². The van der Waals surface area contributed by atoms with Gasteiger partial charge in [-0.25, -0.2) is 0 Å². The first-order valence-corrected chi connectivity index (χ1v) is 6.33. The molecular weight excluding hydrogens is 236 g/mol. The largest absolute Gasteiger partial charge is 0.343 e. The van der Waals surface area contributed by atoms with Crippen LogP contribution in [-0.4, -0.2) is 29.9 Å². The van der Waals surface area contributed by atoms with Crippen LogP contribution < -0.4 is 5.73 Å². The Kier molecular flexibility index (Phi) is 6.49. The van der Waals surface area contributed by atoms with Gasteiger partial charge in [0.05, 0.1) is 0 Å². The van der Waals surface area contributed by atoms with Crippen LogP contribution in [0.5, 0.6) is 0 Å². The fourth-order valence-electron chi connectivity index (χ4n) is 2.39. The van der Waals surface area contributed by atoms with Crippen molar-refractivity contribution in [3.63, 3.8) is 0 Å². The Bertz CT molecular complexity index is 244. The molecule has 1 amide bonds. The SMILES string of the molecule is CC(N)CC(=O)N(C)C1CCC(C)(C)CC1.Cl. The molecule has 1 rings (SSSR count). The third-order valence-corrected chi connectivity index (χ3v) is 3.75.